The van der Waals surface area contributed by atoms with Gasteiger partial charge in [0.2, 0.25) is 11.9 Å². The van der Waals surface area contributed by atoms with E-state index in [1.165, 1.54) is 44.5 Å². The Morgan fingerprint density at radius 3 is 2.35 bits per heavy atom. The molecule has 0 aromatic heterocycles. The lowest BCUT2D eigenvalue weighted by Crippen LogP contribution is -2.36. The zero-order chi connectivity index (χ0) is 22.9. The van der Waals surface area contributed by atoms with Crippen LogP contribution in [0.5, 0.6) is 5.75 Å². The van der Waals surface area contributed by atoms with Crippen LogP contribution in [0.15, 0.2) is 58.4 Å². The van der Waals surface area contributed by atoms with Gasteiger partial charge in [-0.25, -0.2) is 4.79 Å². The molecule has 0 heterocycles. The summed E-state index contributed by atoms with van der Waals surface area (Å²) in [5, 5.41) is 7.92. The van der Waals surface area contributed by atoms with E-state index in [-0.39, 0.29) is 28.2 Å². The van der Waals surface area contributed by atoms with Gasteiger partial charge in [-0.15, -0.1) is 0 Å². The topological polar surface area (TPSA) is 135 Å². The highest BCUT2D eigenvalue weighted by atomic mass is 32.2. The van der Waals surface area contributed by atoms with Crippen molar-refractivity contribution < 1.29 is 26.9 Å². The number of amides is 2. The van der Waals surface area contributed by atoms with Gasteiger partial charge in [0, 0.05) is 19.5 Å². The van der Waals surface area contributed by atoms with Gasteiger partial charge in [0.25, 0.3) is 0 Å². The molecule has 31 heavy (non-hydrogen) atoms. The van der Waals surface area contributed by atoms with Gasteiger partial charge in [-0.05, 0) is 30.7 Å². The Labute approximate surface area is 180 Å². The number of aliphatic imine (C=N–C) groups is 1. The number of carbonyl (C=O) groups is 2. The van der Waals surface area contributed by atoms with E-state index in [0.717, 1.165) is 0 Å². The molecule has 0 spiro atoms. The van der Waals surface area contributed by atoms with Crippen LogP contribution in [-0.4, -0.2) is 40.5 Å². The van der Waals surface area contributed by atoms with Gasteiger partial charge < -0.3 is 19.6 Å². The Balaban J connectivity index is 2.36. The second-order valence-electron chi connectivity index (χ2n) is 6.17. The number of alkyl carbamates (subject to hydrolysis) is 1. The summed E-state index contributed by atoms with van der Waals surface area (Å²) in [6, 6.07) is 11.9. The Hall–Kier alpha value is -3.60. The lowest BCUT2D eigenvalue weighted by molar-refractivity contribution is -0.116. The highest BCUT2D eigenvalue weighted by molar-refractivity contribution is 7.87. The molecular weight excluding hydrogens is 424 g/mol. The Bertz CT molecular complexity index is 1050. The van der Waals surface area contributed by atoms with Crippen LogP contribution in [0.2, 0.25) is 0 Å². The molecule has 2 aromatic rings. The predicted molar refractivity (Wildman–Crippen MR) is 117 cm³/mol. The average molecular weight is 449 g/mol. The molecule has 0 saturated heterocycles. The van der Waals surface area contributed by atoms with Crippen LogP contribution >= 0.6 is 0 Å². The van der Waals surface area contributed by atoms with Crippen LogP contribution < -0.4 is 20.1 Å². The summed E-state index contributed by atoms with van der Waals surface area (Å²) < 4.78 is 34.8. The Morgan fingerprint density at radius 2 is 1.74 bits per heavy atom. The van der Waals surface area contributed by atoms with Crippen LogP contribution in [-0.2, 0) is 19.6 Å². The highest BCUT2D eigenvalue weighted by Crippen LogP contribution is 2.29. The van der Waals surface area contributed by atoms with E-state index in [1.807, 2.05) is 6.92 Å². The summed E-state index contributed by atoms with van der Waals surface area (Å²) >= 11 is 0. The van der Waals surface area contributed by atoms with Crippen molar-refractivity contribution in [3.05, 3.63) is 48.5 Å². The fourth-order valence-electron chi connectivity index (χ4n) is 2.41. The van der Waals surface area contributed by atoms with Gasteiger partial charge in [-0.3, -0.25) is 15.1 Å². The van der Waals surface area contributed by atoms with Gasteiger partial charge in [0.05, 0.1) is 18.5 Å². The second-order valence-corrected chi connectivity index (χ2v) is 7.72. The monoisotopic (exact) mass is 448 g/mol. The summed E-state index contributed by atoms with van der Waals surface area (Å²) in [5.41, 5.74) is 0.595. The van der Waals surface area contributed by atoms with Gasteiger partial charge in [-0.1, -0.05) is 25.1 Å². The smallest absolute Gasteiger partial charge is 0.413 e. The fourth-order valence-corrected chi connectivity index (χ4v) is 3.35. The van der Waals surface area contributed by atoms with Crippen molar-refractivity contribution in [1.29, 1.82) is 0 Å². The molecule has 0 atom stereocenters. The van der Waals surface area contributed by atoms with Crippen LogP contribution in [0.1, 0.15) is 19.8 Å². The van der Waals surface area contributed by atoms with E-state index in [1.54, 1.807) is 18.2 Å². The molecule has 0 radical (unpaired) electrons. The maximum absolute atomic E-state index is 12.5. The predicted octanol–water partition coefficient (Wildman–Crippen LogP) is 2.95. The zero-order valence-electron chi connectivity index (χ0n) is 17.3. The minimum atomic E-state index is -4.07. The quantitative estimate of drug-likeness (QED) is 0.337. The van der Waals surface area contributed by atoms with E-state index in [2.05, 4.69) is 25.7 Å². The molecule has 0 bridgehead atoms. The van der Waals surface area contributed by atoms with Crippen molar-refractivity contribution in [2.75, 3.05) is 24.8 Å². The first-order chi connectivity index (χ1) is 14.8. The number of guanidine groups is 1. The lowest BCUT2D eigenvalue weighted by Gasteiger charge is -2.16. The molecule has 3 N–H and O–H groups in total. The molecule has 10 nitrogen and oxygen atoms in total. The number of benzene rings is 2. The molecule has 0 aliphatic rings. The van der Waals surface area contributed by atoms with Gasteiger partial charge in [-0.2, -0.15) is 8.42 Å². The van der Waals surface area contributed by atoms with E-state index >= 15 is 0 Å². The maximum atomic E-state index is 12.5. The summed E-state index contributed by atoms with van der Waals surface area (Å²) in [4.78, 5) is 27.5. The molecular formula is C20H24N4O6S. The van der Waals surface area contributed by atoms with Crippen molar-refractivity contribution >= 4 is 39.5 Å². The van der Waals surface area contributed by atoms with Gasteiger partial charge in [0.1, 0.15) is 10.6 Å². The van der Waals surface area contributed by atoms with Crippen LogP contribution in [0.25, 0.3) is 0 Å². The first-order valence-electron chi connectivity index (χ1n) is 9.31. The van der Waals surface area contributed by atoms with E-state index < -0.39 is 16.2 Å². The van der Waals surface area contributed by atoms with Crippen molar-refractivity contribution in [3.8, 4) is 5.75 Å². The zero-order valence-corrected chi connectivity index (χ0v) is 18.2. The normalized spacial score (nSPS) is 11.4. The van der Waals surface area contributed by atoms with Crippen LogP contribution in [0.4, 0.5) is 16.2 Å². The number of methoxy groups -OCH3 is 1. The third-order valence-electron chi connectivity index (χ3n) is 3.86. The van der Waals surface area contributed by atoms with Crippen molar-refractivity contribution in [2.24, 2.45) is 4.99 Å². The van der Waals surface area contributed by atoms with Gasteiger partial charge >= 0.3 is 16.2 Å². The fraction of sp³-hybridized carbons (Fsp3) is 0.250. The first-order valence-corrected chi connectivity index (χ1v) is 10.7. The minimum Gasteiger partial charge on any atom is -0.453 e. The first kappa shape index (κ1) is 23.7. The summed E-state index contributed by atoms with van der Waals surface area (Å²) in [5.74, 6) is -0.221. The molecule has 0 fully saturated rings. The summed E-state index contributed by atoms with van der Waals surface area (Å²) in [6.45, 7) is 1.87. The summed E-state index contributed by atoms with van der Waals surface area (Å²) in [6.07, 6.45) is 0.190. The third kappa shape index (κ3) is 7.00. The number of nitrogens with one attached hydrogen (secondary N) is 3. The Morgan fingerprint density at radius 1 is 1.03 bits per heavy atom. The number of hydrogen-bond acceptors (Lipinski definition) is 7. The average Bonchev–Trinajstić information content (AvgIpc) is 2.75. The molecule has 0 aliphatic heterocycles. The Kier molecular flexibility index (Phi) is 8.38. The number of ether oxygens (including phenoxy) is 1. The van der Waals surface area contributed by atoms with E-state index in [9.17, 15) is 18.0 Å². The van der Waals surface area contributed by atoms with Crippen molar-refractivity contribution in [1.82, 2.24) is 5.32 Å². The summed E-state index contributed by atoms with van der Waals surface area (Å²) in [7, 11) is -1.45. The molecule has 2 amide bonds. The van der Waals surface area contributed by atoms with Crippen LogP contribution in [0, 0.1) is 0 Å². The minimum absolute atomic E-state index is 0.00614. The molecule has 0 aliphatic carbocycles. The standard InChI is InChI=1S/C20H24N4O6S/c1-4-8-18(25)22-16-12-11-14(30-31(27,28)15-9-6-5-7-10-15)13-17(16)23-19(21-2)24-20(26)29-3/h5-7,9-13H,4,8H2,1-3H3,(H,22,25)(H2,21,23,24,26). The van der Waals surface area contributed by atoms with E-state index in [4.69, 9.17) is 4.18 Å². The number of anilines is 2. The third-order valence-corrected chi connectivity index (χ3v) is 5.12. The molecule has 2 rings (SSSR count). The highest BCUT2D eigenvalue weighted by Gasteiger charge is 2.18. The number of rotatable bonds is 7. The largest absolute Gasteiger partial charge is 0.453 e. The van der Waals surface area contributed by atoms with Crippen LogP contribution in [0.3, 0.4) is 0 Å². The van der Waals surface area contributed by atoms with Gasteiger partial charge in [0.15, 0.2) is 0 Å². The molecule has 0 saturated carbocycles. The van der Waals surface area contributed by atoms with Crippen molar-refractivity contribution in [3.63, 3.8) is 0 Å². The lowest BCUT2D eigenvalue weighted by atomic mass is 10.2. The molecule has 2 aromatic carbocycles. The number of hydrogen-bond donors (Lipinski definition) is 3. The number of carbonyl (C=O) groups excluding carboxylic acids is 2. The maximum Gasteiger partial charge on any atom is 0.413 e. The SMILES string of the molecule is CCCC(=O)Nc1ccc(OS(=O)(=O)c2ccccc2)cc1NC(=NC)NC(=O)OC. The molecule has 11 heteroatoms. The molecule has 0 unspecified atom stereocenters. The second kappa shape index (κ2) is 11.0. The number of nitrogens with zero attached hydrogens (tertiary/aromatic N) is 1. The van der Waals surface area contributed by atoms with Crippen molar-refractivity contribution in [2.45, 2.75) is 24.7 Å². The molecule has 166 valence electrons. The van der Waals surface area contributed by atoms with E-state index in [0.29, 0.717) is 18.5 Å².